The van der Waals surface area contributed by atoms with Gasteiger partial charge in [-0.3, -0.25) is 4.79 Å². The van der Waals surface area contributed by atoms with Gasteiger partial charge in [0.15, 0.2) is 0 Å². The number of carbonyl (C=O) groups is 2. The largest absolute Gasteiger partial charge is 0.496 e. The number of para-hydroxylation sites is 1. The van der Waals surface area contributed by atoms with Crippen LogP contribution in [0.25, 0.3) is 0 Å². The van der Waals surface area contributed by atoms with Crippen molar-refractivity contribution in [1.82, 2.24) is 15.1 Å². The van der Waals surface area contributed by atoms with Gasteiger partial charge in [-0.1, -0.05) is 18.2 Å². The SMILES string of the molecule is COCCNC(=O)N1CCN(C(=O)CCc2ccccc2OC)CC1. The Kier molecular flexibility index (Phi) is 7.53. The van der Waals surface area contributed by atoms with Crippen molar-refractivity contribution >= 4 is 11.9 Å². The molecule has 1 aromatic rings. The lowest BCUT2D eigenvalue weighted by Crippen LogP contribution is -2.53. The van der Waals surface area contributed by atoms with Crippen molar-refractivity contribution < 1.29 is 19.1 Å². The van der Waals surface area contributed by atoms with Gasteiger partial charge in [-0.15, -0.1) is 0 Å². The van der Waals surface area contributed by atoms with Gasteiger partial charge in [0.2, 0.25) is 5.91 Å². The smallest absolute Gasteiger partial charge is 0.317 e. The Morgan fingerprint density at radius 3 is 2.44 bits per heavy atom. The van der Waals surface area contributed by atoms with Gasteiger partial charge in [-0.25, -0.2) is 4.79 Å². The Bertz CT molecular complexity index is 571. The fourth-order valence-corrected chi connectivity index (χ4v) is 2.84. The quantitative estimate of drug-likeness (QED) is 0.749. The molecule has 1 fully saturated rings. The number of urea groups is 1. The van der Waals surface area contributed by atoms with E-state index in [2.05, 4.69) is 5.32 Å². The van der Waals surface area contributed by atoms with Crippen molar-refractivity contribution in [2.45, 2.75) is 12.8 Å². The maximum absolute atomic E-state index is 12.4. The van der Waals surface area contributed by atoms with Crippen LogP contribution in [0.2, 0.25) is 0 Å². The molecule has 1 heterocycles. The summed E-state index contributed by atoms with van der Waals surface area (Å²) < 4.78 is 10.2. The number of nitrogens with zero attached hydrogens (tertiary/aromatic N) is 2. The second-order valence-corrected chi connectivity index (χ2v) is 5.90. The molecule has 0 saturated carbocycles. The van der Waals surface area contributed by atoms with Crippen molar-refractivity contribution in [2.24, 2.45) is 0 Å². The third-order valence-corrected chi connectivity index (χ3v) is 4.30. The summed E-state index contributed by atoms with van der Waals surface area (Å²) in [5.74, 6) is 0.929. The number of methoxy groups -OCH3 is 2. The van der Waals surface area contributed by atoms with E-state index in [4.69, 9.17) is 9.47 Å². The van der Waals surface area contributed by atoms with E-state index in [1.807, 2.05) is 29.2 Å². The molecule has 0 radical (unpaired) electrons. The fourth-order valence-electron chi connectivity index (χ4n) is 2.84. The Labute approximate surface area is 148 Å². The van der Waals surface area contributed by atoms with Crippen LogP contribution in [0, 0.1) is 0 Å². The maximum atomic E-state index is 12.4. The van der Waals surface area contributed by atoms with Crippen LogP contribution in [-0.4, -0.2) is 75.3 Å². The monoisotopic (exact) mass is 349 g/mol. The first-order valence-electron chi connectivity index (χ1n) is 8.57. The summed E-state index contributed by atoms with van der Waals surface area (Å²) in [6.07, 6.45) is 1.10. The highest BCUT2D eigenvalue weighted by Gasteiger charge is 2.23. The number of aryl methyl sites for hydroxylation is 1. The molecule has 7 heteroatoms. The van der Waals surface area contributed by atoms with Crippen LogP contribution in [-0.2, 0) is 16.0 Å². The zero-order valence-corrected chi connectivity index (χ0v) is 15.0. The number of hydrogen-bond acceptors (Lipinski definition) is 4. The number of ether oxygens (including phenoxy) is 2. The molecule has 2 rings (SSSR count). The number of carbonyl (C=O) groups excluding carboxylic acids is 2. The highest BCUT2D eigenvalue weighted by molar-refractivity contribution is 5.78. The first kappa shape index (κ1) is 19.1. The zero-order chi connectivity index (χ0) is 18.1. The zero-order valence-electron chi connectivity index (χ0n) is 15.0. The molecule has 1 aliphatic heterocycles. The molecule has 0 aromatic heterocycles. The summed E-state index contributed by atoms with van der Waals surface area (Å²) in [6.45, 7) is 3.24. The van der Waals surface area contributed by atoms with E-state index >= 15 is 0 Å². The molecule has 1 aromatic carbocycles. The molecule has 0 atom stereocenters. The summed E-state index contributed by atoms with van der Waals surface area (Å²) in [5.41, 5.74) is 1.04. The molecule has 138 valence electrons. The van der Waals surface area contributed by atoms with E-state index in [-0.39, 0.29) is 11.9 Å². The summed E-state index contributed by atoms with van der Waals surface area (Å²) in [6, 6.07) is 7.65. The van der Waals surface area contributed by atoms with Crippen molar-refractivity contribution in [3.05, 3.63) is 29.8 Å². The minimum Gasteiger partial charge on any atom is -0.496 e. The Morgan fingerprint density at radius 2 is 1.76 bits per heavy atom. The number of nitrogens with one attached hydrogen (secondary N) is 1. The number of hydrogen-bond donors (Lipinski definition) is 1. The summed E-state index contributed by atoms with van der Waals surface area (Å²) >= 11 is 0. The minimum atomic E-state index is -0.0989. The van der Waals surface area contributed by atoms with Crippen molar-refractivity contribution in [2.75, 3.05) is 53.6 Å². The van der Waals surface area contributed by atoms with E-state index in [1.165, 1.54) is 0 Å². The maximum Gasteiger partial charge on any atom is 0.317 e. The third-order valence-electron chi connectivity index (χ3n) is 4.30. The van der Waals surface area contributed by atoms with Gasteiger partial charge in [-0.2, -0.15) is 0 Å². The van der Waals surface area contributed by atoms with Crippen LogP contribution in [0.5, 0.6) is 5.75 Å². The van der Waals surface area contributed by atoms with Crippen LogP contribution in [0.3, 0.4) is 0 Å². The van der Waals surface area contributed by atoms with Crippen molar-refractivity contribution in [1.29, 1.82) is 0 Å². The van der Waals surface area contributed by atoms with Gasteiger partial charge in [0, 0.05) is 46.3 Å². The first-order chi connectivity index (χ1) is 12.2. The van der Waals surface area contributed by atoms with Crippen LogP contribution in [0.15, 0.2) is 24.3 Å². The number of rotatable bonds is 7. The number of benzene rings is 1. The van der Waals surface area contributed by atoms with Crippen LogP contribution in [0.4, 0.5) is 4.79 Å². The highest BCUT2D eigenvalue weighted by Crippen LogP contribution is 2.19. The lowest BCUT2D eigenvalue weighted by Gasteiger charge is -2.34. The van der Waals surface area contributed by atoms with Crippen molar-refractivity contribution in [3.63, 3.8) is 0 Å². The summed E-state index contributed by atoms with van der Waals surface area (Å²) in [4.78, 5) is 27.9. The lowest BCUT2D eigenvalue weighted by atomic mass is 10.1. The average molecular weight is 349 g/mol. The molecule has 1 saturated heterocycles. The molecule has 1 aliphatic rings. The minimum absolute atomic E-state index is 0.0989. The molecule has 3 amide bonds. The lowest BCUT2D eigenvalue weighted by molar-refractivity contribution is -0.132. The fraction of sp³-hybridized carbons (Fsp3) is 0.556. The molecule has 0 spiro atoms. The molecular weight excluding hydrogens is 322 g/mol. The van der Waals surface area contributed by atoms with E-state index in [1.54, 1.807) is 19.1 Å². The van der Waals surface area contributed by atoms with Crippen LogP contribution in [0.1, 0.15) is 12.0 Å². The second-order valence-electron chi connectivity index (χ2n) is 5.90. The molecular formula is C18H27N3O4. The Morgan fingerprint density at radius 1 is 1.08 bits per heavy atom. The average Bonchev–Trinajstić information content (AvgIpc) is 2.66. The van der Waals surface area contributed by atoms with Gasteiger partial charge in [0.05, 0.1) is 13.7 Å². The van der Waals surface area contributed by atoms with Crippen LogP contribution < -0.4 is 10.1 Å². The summed E-state index contributed by atoms with van der Waals surface area (Å²) in [5, 5.41) is 2.80. The molecule has 25 heavy (non-hydrogen) atoms. The standard InChI is InChI=1S/C18H27N3O4/c1-24-14-9-19-18(23)21-12-10-20(11-13-21)17(22)8-7-15-5-3-4-6-16(15)25-2/h3-6H,7-14H2,1-2H3,(H,19,23). The van der Waals surface area contributed by atoms with E-state index < -0.39 is 0 Å². The predicted octanol–water partition coefficient (Wildman–Crippen LogP) is 1.13. The van der Waals surface area contributed by atoms with Gasteiger partial charge in [0.1, 0.15) is 5.75 Å². The topological polar surface area (TPSA) is 71.1 Å². The van der Waals surface area contributed by atoms with E-state index in [0.717, 1.165) is 11.3 Å². The second kappa shape index (κ2) is 9.88. The molecule has 7 nitrogen and oxygen atoms in total. The number of piperazine rings is 1. The molecule has 0 bridgehead atoms. The third kappa shape index (κ3) is 5.63. The molecule has 0 aliphatic carbocycles. The summed E-state index contributed by atoms with van der Waals surface area (Å²) in [7, 11) is 3.24. The predicted molar refractivity (Wildman–Crippen MR) is 94.7 cm³/mol. The van der Waals surface area contributed by atoms with Crippen LogP contribution >= 0.6 is 0 Å². The Hall–Kier alpha value is -2.28. The van der Waals surface area contributed by atoms with E-state index in [9.17, 15) is 9.59 Å². The Balaban J connectivity index is 1.74. The van der Waals surface area contributed by atoms with Gasteiger partial charge < -0.3 is 24.6 Å². The van der Waals surface area contributed by atoms with E-state index in [0.29, 0.717) is 52.2 Å². The first-order valence-corrected chi connectivity index (χ1v) is 8.57. The highest BCUT2D eigenvalue weighted by atomic mass is 16.5. The van der Waals surface area contributed by atoms with Gasteiger partial charge >= 0.3 is 6.03 Å². The molecule has 0 unspecified atom stereocenters. The normalized spacial score (nSPS) is 14.3. The van der Waals surface area contributed by atoms with Crippen molar-refractivity contribution in [3.8, 4) is 5.75 Å². The van der Waals surface area contributed by atoms with Gasteiger partial charge in [-0.05, 0) is 18.1 Å². The molecule has 1 N–H and O–H groups in total. The van der Waals surface area contributed by atoms with Gasteiger partial charge in [0.25, 0.3) is 0 Å². The number of amides is 3.